The average Bonchev–Trinajstić information content (AvgIpc) is 1.84. The van der Waals surface area contributed by atoms with Gasteiger partial charge in [-0.25, -0.2) is 4.79 Å². The Balaban J connectivity index is 3.59. The molecule has 1 N–H and O–H groups in total. The fraction of sp³-hybridized carbons (Fsp3) is 0.200. The van der Waals surface area contributed by atoms with Crippen LogP contribution >= 0.6 is 0 Å². The topological polar surface area (TPSA) is 54.9 Å². The van der Waals surface area contributed by atoms with Crippen LogP contribution in [0, 0.1) is 0 Å². The van der Waals surface area contributed by atoms with Crippen molar-refractivity contribution in [2.75, 3.05) is 0 Å². The number of H-pyrrole nitrogens is 1. The van der Waals surface area contributed by atoms with Gasteiger partial charge in [-0.2, -0.15) is 0 Å². The summed E-state index contributed by atoms with van der Waals surface area (Å²) in [6.07, 6.45) is 1.17. The zero-order valence-corrected chi connectivity index (χ0v) is 4.84. The standard InChI is InChI=1S/C5H6N2O2/c1-7-3-2-4(8)6-5(7)9/h2-3H,1H3,(H,6,8,9)/i2D. The number of aromatic amines is 1. The second-order valence-corrected chi connectivity index (χ2v) is 1.64. The van der Waals surface area contributed by atoms with Gasteiger partial charge >= 0.3 is 5.69 Å². The quantitative estimate of drug-likeness (QED) is 0.489. The summed E-state index contributed by atoms with van der Waals surface area (Å²) in [4.78, 5) is 23.1. The lowest BCUT2D eigenvalue weighted by atomic mass is 10.6. The highest BCUT2D eigenvalue weighted by atomic mass is 16.2. The first-order valence-electron chi connectivity index (χ1n) is 2.88. The molecule has 0 aromatic carbocycles. The lowest BCUT2D eigenvalue weighted by Gasteiger charge is -1.89. The third-order valence-corrected chi connectivity index (χ3v) is 0.930. The largest absolute Gasteiger partial charge is 0.328 e. The number of hydrogen-bond acceptors (Lipinski definition) is 2. The number of nitrogens with one attached hydrogen (secondary N) is 1. The molecule has 1 aromatic heterocycles. The van der Waals surface area contributed by atoms with E-state index in [1.165, 1.54) is 13.2 Å². The highest BCUT2D eigenvalue weighted by Gasteiger charge is 1.85. The Morgan fingerprint density at radius 2 is 2.44 bits per heavy atom. The summed E-state index contributed by atoms with van der Waals surface area (Å²) in [6.45, 7) is 0. The summed E-state index contributed by atoms with van der Waals surface area (Å²) < 4.78 is 8.10. The van der Waals surface area contributed by atoms with Crippen LogP contribution in [0.1, 0.15) is 1.37 Å². The number of aromatic nitrogens is 2. The summed E-state index contributed by atoms with van der Waals surface area (Å²) in [5.74, 6) is 0. The van der Waals surface area contributed by atoms with Gasteiger partial charge in [0, 0.05) is 19.3 Å². The van der Waals surface area contributed by atoms with Gasteiger partial charge in [-0.15, -0.1) is 0 Å². The van der Waals surface area contributed by atoms with Crippen LogP contribution in [0.15, 0.2) is 21.8 Å². The van der Waals surface area contributed by atoms with E-state index in [9.17, 15) is 9.59 Å². The van der Waals surface area contributed by atoms with Gasteiger partial charge in [-0.1, -0.05) is 0 Å². The first-order chi connectivity index (χ1) is 4.61. The van der Waals surface area contributed by atoms with Crippen LogP contribution in [0.25, 0.3) is 0 Å². The van der Waals surface area contributed by atoms with Crippen molar-refractivity contribution in [1.29, 1.82) is 0 Å². The Morgan fingerprint density at radius 1 is 1.78 bits per heavy atom. The number of hydrogen-bond donors (Lipinski definition) is 1. The fourth-order valence-electron chi connectivity index (χ4n) is 0.435. The molecule has 0 aliphatic heterocycles. The van der Waals surface area contributed by atoms with Crippen LogP contribution < -0.4 is 11.2 Å². The lowest BCUT2D eigenvalue weighted by Crippen LogP contribution is -2.26. The van der Waals surface area contributed by atoms with Crippen LogP contribution in [-0.2, 0) is 7.05 Å². The summed E-state index contributed by atoms with van der Waals surface area (Å²) in [5.41, 5.74) is -1.15. The molecule has 9 heavy (non-hydrogen) atoms. The van der Waals surface area contributed by atoms with E-state index in [4.69, 9.17) is 1.37 Å². The fourth-order valence-corrected chi connectivity index (χ4v) is 0.435. The molecule has 0 aliphatic carbocycles. The van der Waals surface area contributed by atoms with Crippen LogP contribution in [0.4, 0.5) is 0 Å². The molecule has 1 heterocycles. The Hall–Kier alpha value is -1.32. The van der Waals surface area contributed by atoms with Crippen molar-refractivity contribution in [2.45, 2.75) is 0 Å². The summed E-state index contributed by atoms with van der Waals surface area (Å²) in [5, 5.41) is 0. The van der Waals surface area contributed by atoms with Gasteiger partial charge in [0.2, 0.25) is 0 Å². The van der Waals surface area contributed by atoms with Crippen LogP contribution in [-0.4, -0.2) is 9.55 Å². The Bertz CT molecular complexity index is 320. The Kier molecular flexibility index (Phi) is 0.955. The Morgan fingerprint density at radius 3 is 3.00 bits per heavy atom. The van der Waals surface area contributed by atoms with Gasteiger partial charge in [-0.05, 0) is 0 Å². The lowest BCUT2D eigenvalue weighted by molar-refractivity contribution is 0.799. The molecule has 0 unspecified atom stereocenters. The first kappa shape index (κ1) is 4.55. The SMILES string of the molecule is [2H]c1cn(C)c(=O)[nH]c1=O. The normalized spacial score (nSPS) is 11.0. The second kappa shape index (κ2) is 1.89. The van der Waals surface area contributed by atoms with Crippen molar-refractivity contribution in [3.8, 4) is 0 Å². The highest BCUT2D eigenvalue weighted by Crippen LogP contribution is 1.61. The number of rotatable bonds is 0. The third kappa shape index (κ3) is 1.07. The maximum absolute atomic E-state index is 10.6. The van der Waals surface area contributed by atoms with Gasteiger partial charge in [0.25, 0.3) is 5.56 Å². The summed E-state index contributed by atoms with van der Waals surface area (Å²) in [7, 11) is 1.47. The van der Waals surface area contributed by atoms with Gasteiger partial charge in [0.1, 0.15) is 0 Å². The number of aryl methyl sites for hydroxylation is 1. The predicted octanol–water partition coefficient (Wildman–Crippen LogP) is -0.926. The highest BCUT2D eigenvalue weighted by molar-refractivity contribution is 4.80. The molecular weight excluding hydrogens is 120 g/mol. The van der Waals surface area contributed by atoms with Crippen LogP contribution in [0.2, 0.25) is 0 Å². The Labute approximate surface area is 52.2 Å². The van der Waals surface area contributed by atoms with Gasteiger partial charge in [-0.3, -0.25) is 9.78 Å². The molecule has 4 nitrogen and oxygen atoms in total. The summed E-state index contributed by atoms with van der Waals surface area (Å²) in [6, 6.07) is -0.206. The third-order valence-electron chi connectivity index (χ3n) is 0.930. The van der Waals surface area contributed by atoms with E-state index in [1.54, 1.807) is 0 Å². The zero-order chi connectivity index (χ0) is 7.72. The monoisotopic (exact) mass is 127 g/mol. The predicted molar refractivity (Wildman–Crippen MR) is 32.3 cm³/mol. The molecule has 0 saturated carbocycles. The second-order valence-electron chi connectivity index (χ2n) is 1.64. The van der Waals surface area contributed by atoms with Crippen molar-refractivity contribution < 1.29 is 1.37 Å². The smallest absolute Gasteiger partial charge is 0.304 e. The van der Waals surface area contributed by atoms with Crippen molar-refractivity contribution in [3.05, 3.63) is 33.1 Å². The van der Waals surface area contributed by atoms with E-state index in [0.29, 0.717) is 0 Å². The first-order valence-corrected chi connectivity index (χ1v) is 2.38. The van der Waals surface area contributed by atoms with E-state index in [-0.39, 0.29) is 6.04 Å². The van der Waals surface area contributed by atoms with Crippen LogP contribution in [0.3, 0.4) is 0 Å². The van der Waals surface area contributed by atoms with E-state index < -0.39 is 11.2 Å². The molecule has 0 fully saturated rings. The van der Waals surface area contributed by atoms with E-state index >= 15 is 0 Å². The maximum Gasteiger partial charge on any atom is 0.328 e. The molecule has 0 aliphatic rings. The van der Waals surface area contributed by atoms with Crippen molar-refractivity contribution in [2.24, 2.45) is 7.05 Å². The molecule has 1 aromatic rings. The number of nitrogens with zero attached hydrogens (tertiary/aromatic N) is 1. The molecule has 0 amide bonds. The van der Waals surface area contributed by atoms with E-state index in [0.717, 1.165) is 4.57 Å². The van der Waals surface area contributed by atoms with Gasteiger partial charge < -0.3 is 4.57 Å². The molecule has 0 saturated heterocycles. The molecule has 0 spiro atoms. The molecular formula is C5H6N2O2. The van der Waals surface area contributed by atoms with Gasteiger partial charge in [0.15, 0.2) is 0 Å². The molecule has 0 radical (unpaired) electrons. The minimum atomic E-state index is -0.650. The zero-order valence-electron chi connectivity index (χ0n) is 5.84. The van der Waals surface area contributed by atoms with Crippen molar-refractivity contribution >= 4 is 0 Å². The van der Waals surface area contributed by atoms with E-state index in [1.807, 2.05) is 4.98 Å². The van der Waals surface area contributed by atoms with Crippen molar-refractivity contribution in [3.63, 3.8) is 0 Å². The molecule has 1 rings (SSSR count). The van der Waals surface area contributed by atoms with Crippen LogP contribution in [0.5, 0.6) is 0 Å². The summed E-state index contributed by atoms with van der Waals surface area (Å²) >= 11 is 0. The molecule has 0 atom stereocenters. The molecule has 4 heteroatoms. The minimum Gasteiger partial charge on any atom is -0.304 e. The maximum atomic E-state index is 10.6. The van der Waals surface area contributed by atoms with E-state index in [2.05, 4.69) is 0 Å². The van der Waals surface area contributed by atoms with Gasteiger partial charge in [0.05, 0.1) is 1.37 Å². The molecule has 48 valence electrons. The van der Waals surface area contributed by atoms with Crippen molar-refractivity contribution in [1.82, 2.24) is 9.55 Å². The molecule has 0 bridgehead atoms. The average molecular weight is 127 g/mol. The minimum absolute atomic E-state index is 0.206.